The van der Waals surface area contributed by atoms with Gasteiger partial charge in [0.25, 0.3) is 0 Å². The first-order chi connectivity index (χ1) is 12.3. The van der Waals surface area contributed by atoms with Crippen LogP contribution in [0.4, 0.5) is 0 Å². The van der Waals surface area contributed by atoms with Gasteiger partial charge in [-0.2, -0.15) is 5.26 Å². The number of rotatable bonds is 10. The first-order valence-corrected chi connectivity index (χ1v) is 9.92. The van der Waals surface area contributed by atoms with Gasteiger partial charge in [0.2, 0.25) is 5.91 Å². The lowest BCUT2D eigenvalue weighted by Crippen LogP contribution is -2.63. The van der Waals surface area contributed by atoms with Gasteiger partial charge in [-0.3, -0.25) is 4.79 Å². The van der Waals surface area contributed by atoms with E-state index in [9.17, 15) is 19.8 Å². The second-order valence-corrected chi connectivity index (χ2v) is 8.28. The maximum Gasteiger partial charge on any atom is 0.353 e. The summed E-state index contributed by atoms with van der Waals surface area (Å²) >= 11 is 1.37. The number of aliphatic carboxylic acids is 1. The van der Waals surface area contributed by atoms with Crippen LogP contribution >= 0.6 is 11.8 Å². The van der Waals surface area contributed by atoms with Gasteiger partial charge in [0.05, 0.1) is 24.1 Å². The molecule has 1 fully saturated rings. The van der Waals surface area contributed by atoms with Gasteiger partial charge in [0.1, 0.15) is 5.70 Å². The molecule has 0 aromatic carbocycles. The zero-order chi connectivity index (χ0) is 19.4. The topological polar surface area (TPSA) is 105 Å². The van der Waals surface area contributed by atoms with E-state index < -0.39 is 18.0 Å². The second-order valence-electron chi connectivity index (χ2n) is 7.15. The predicted octanol–water partition coefficient (Wildman–Crippen LogP) is 1.50. The van der Waals surface area contributed by atoms with Crippen LogP contribution < -0.4 is 0 Å². The molecule has 2 N–H and O–H groups in total. The number of aliphatic hydroxyl groups excluding tert-OH is 1. The van der Waals surface area contributed by atoms with Crippen LogP contribution in [0.5, 0.6) is 0 Å². The van der Waals surface area contributed by atoms with Gasteiger partial charge >= 0.3 is 5.97 Å². The maximum atomic E-state index is 12.4. The number of unbranched alkanes of at least 4 members (excludes halogenated alkanes) is 1. The lowest BCUT2D eigenvalue weighted by atomic mass is 9.77. The van der Waals surface area contributed by atoms with E-state index >= 15 is 0 Å². The number of hydrogen-bond acceptors (Lipinski definition) is 6. The normalized spacial score (nSPS) is 25.9. The van der Waals surface area contributed by atoms with Crippen LogP contribution in [-0.4, -0.2) is 70.4 Å². The van der Waals surface area contributed by atoms with Crippen LogP contribution in [0.15, 0.2) is 10.6 Å². The summed E-state index contributed by atoms with van der Waals surface area (Å²) in [6.07, 6.45) is 2.21. The minimum absolute atomic E-state index is 0.0532. The van der Waals surface area contributed by atoms with Gasteiger partial charge in [-0.1, -0.05) is 6.42 Å². The van der Waals surface area contributed by atoms with Crippen LogP contribution in [0.2, 0.25) is 0 Å². The highest BCUT2D eigenvalue weighted by atomic mass is 32.2. The Kier molecular flexibility index (Phi) is 7.09. The molecule has 0 aliphatic carbocycles. The van der Waals surface area contributed by atoms with E-state index in [4.69, 9.17) is 5.26 Å². The molecule has 1 saturated heterocycles. The zero-order valence-electron chi connectivity index (χ0n) is 15.5. The molecular weight excluding hydrogens is 354 g/mol. The van der Waals surface area contributed by atoms with Gasteiger partial charge in [-0.05, 0) is 40.4 Å². The quantitative estimate of drug-likeness (QED) is 0.436. The molecule has 0 saturated carbocycles. The van der Waals surface area contributed by atoms with E-state index in [1.54, 1.807) is 6.92 Å². The summed E-state index contributed by atoms with van der Waals surface area (Å²) < 4.78 is 0. The first-order valence-electron chi connectivity index (χ1n) is 8.94. The number of carbonyl (C=O) groups is 2. The molecule has 2 heterocycles. The number of thioether (sulfide) groups is 1. The number of carbonyl (C=O) groups excluding carboxylic acids is 1. The molecule has 0 spiro atoms. The van der Waals surface area contributed by atoms with Gasteiger partial charge in [-0.15, -0.1) is 11.8 Å². The molecule has 0 radical (unpaired) electrons. The molecule has 26 heavy (non-hydrogen) atoms. The van der Waals surface area contributed by atoms with E-state index in [1.165, 1.54) is 16.7 Å². The molecule has 2 aliphatic rings. The minimum Gasteiger partial charge on any atom is -0.477 e. The summed E-state index contributed by atoms with van der Waals surface area (Å²) in [6, 6.07) is 1.79. The summed E-state index contributed by atoms with van der Waals surface area (Å²) in [4.78, 5) is 28.4. The van der Waals surface area contributed by atoms with Crippen molar-refractivity contribution in [3.8, 4) is 6.07 Å². The fraction of sp³-hybridized carbons (Fsp3) is 0.722. The van der Waals surface area contributed by atoms with Crippen LogP contribution in [0.3, 0.4) is 0 Å². The van der Waals surface area contributed by atoms with Crippen molar-refractivity contribution in [2.24, 2.45) is 11.8 Å². The molecule has 2 aliphatic heterocycles. The number of carboxylic acid groups (broad SMARTS) is 1. The first kappa shape index (κ1) is 20.7. The number of aliphatic hydroxyl groups is 1. The Morgan fingerprint density at radius 3 is 2.65 bits per heavy atom. The van der Waals surface area contributed by atoms with E-state index in [0.29, 0.717) is 17.1 Å². The third-order valence-corrected chi connectivity index (χ3v) is 6.19. The Labute approximate surface area is 158 Å². The smallest absolute Gasteiger partial charge is 0.353 e. The number of hydrogen-bond donors (Lipinski definition) is 2. The van der Waals surface area contributed by atoms with Gasteiger partial charge in [0, 0.05) is 23.0 Å². The highest BCUT2D eigenvalue weighted by molar-refractivity contribution is 8.03. The fourth-order valence-corrected chi connectivity index (χ4v) is 5.05. The van der Waals surface area contributed by atoms with E-state index in [0.717, 1.165) is 25.8 Å². The van der Waals surface area contributed by atoms with Gasteiger partial charge in [-0.25, -0.2) is 4.79 Å². The average Bonchev–Trinajstić information content (AvgIpc) is 2.81. The Balaban J connectivity index is 2.23. The second kappa shape index (κ2) is 8.89. The molecule has 0 bridgehead atoms. The highest BCUT2D eigenvalue weighted by Crippen LogP contribution is 2.52. The molecule has 7 nitrogen and oxygen atoms in total. The van der Waals surface area contributed by atoms with Crippen LogP contribution in [-0.2, 0) is 9.59 Å². The third kappa shape index (κ3) is 4.05. The summed E-state index contributed by atoms with van der Waals surface area (Å²) in [5.41, 5.74) is 0.0532. The summed E-state index contributed by atoms with van der Waals surface area (Å²) in [6.45, 7) is 2.54. The number of nitriles is 1. The van der Waals surface area contributed by atoms with Crippen molar-refractivity contribution < 1.29 is 19.8 Å². The maximum absolute atomic E-state index is 12.4. The Morgan fingerprint density at radius 2 is 2.12 bits per heavy atom. The predicted molar refractivity (Wildman–Crippen MR) is 99.0 cm³/mol. The largest absolute Gasteiger partial charge is 0.477 e. The SMILES string of the molecule is C[C@@H](O)[C@H]1C(=O)N2C(C(=O)O)=C(SCCC#N)[C@H](CCCCN(C)C)[C@H]12. The zero-order valence-corrected chi connectivity index (χ0v) is 16.3. The Bertz CT molecular complexity index is 626. The molecule has 144 valence electrons. The van der Waals surface area contributed by atoms with Crippen molar-refractivity contribution in [1.82, 2.24) is 9.80 Å². The summed E-state index contributed by atoms with van der Waals surface area (Å²) in [5, 5.41) is 28.5. The van der Waals surface area contributed by atoms with E-state index in [1.807, 2.05) is 14.1 Å². The molecule has 0 aromatic rings. The molecule has 0 unspecified atom stereocenters. The highest BCUT2D eigenvalue weighted by Gasteiger charge is 2.60. The molecule has 8 heteroatoms. The van der Waals surface area contributed by atoms with Crippen LogP contribution in [0, 0.1) is 23.2 Å². The molecule has 0 aromatic heterocycles. The van der Waals surface area contributed by atoms with Crippen molar-refractivity contribution in [2.75, 3.05) is 26.4 Å². The monoisotopic (exact) mass is 381 g/mol. The lowest BCUT2D eigenvalue weighted by molar-refractivity contribution is -0.163. The average molecular weight is 381 g/mol. The van der Waals surface area contributed by atoms with Crippen LogP contribution in [0.1, 0.15) is 32.6 Å². The van der Waals surface area contributed by atoms with Gasteiger partial charge < -0.3 is 20.0 Å². The number of fused-ring (bicyclic) bond motifs is 1. The summed E-state index contributed by atoms with van der Waals surface area (Å²) in [7, 11) is 4.02. The molecular formula is C18H27N3O4S. The lowest BCUT2D eigenvalue weighted by Gasteiger charge is -2.47. The van der Waals surface area contributed by atoms with E-state index in [-0.39, 0.29) is 23.6 Å². The number of amides is 1. The Morgan fingerprint density at radius 1 is 1.42 bits per heavy atom. The van der Waals surface area contributed by atoms with Crippen molar-refractivity contribution in [3.63, 3.8) is 0 Å². The van der Waals surface area contributed by atoms with E-state index in [2.05, 4.69) is 11.0 Å². The standard InChI is InChI=1S/C18H27N3O4S/c1-11(22)13-14-12(7-4-5-9-20(2)3)16(26-10-6-8-19)15(18(24)25)21(14)17(13)23/h11-14,22H,4-7,9-10H2,1-3H3,(H,24,25)/t11-,12-,13-,14-/m1/s1. The summed E-state index contributed by atoms with van der Waals surface area (Å²) in [5.74, 6) is -1.54. The van der Waals surface area contributed by atoms with Crippen molar-refractivity contribution >= 4 is 23.6 Å². The molecule has 4 atom stereocenters. The number of carboxylic acids is 1. The fourth-order valence-electron chi connectivity index (χ4n) is 3.85. The number of β-lactam (4-membered cyclic amide) rings is 1. The van der Waals surface area contributed by atoms with Crippen molar-refractivity contribution in [2.45, 2.75) is 44.8 Å². The molecule has 2 rings (SSSR count). The minimum atomic E-state index is -1.11. The van der Waals surface area contributed by atoms with Crippen molar-refractivity contribution in [3.05, 3.63) is 10.6 Å². The number of nitrogens with zero attached hydrogens (tertiary/aromatic N) is 3. The third-order valence-electron chi connectivity index (χ3n) is 4.98. The Hall–Kier alpha value is -1.56. The van der Waals surface area contributed by atoms with Gasteiger partial charge in [0.15, 0.2) is 0 Å². The molecule has 1 amide bonds. The van der Waals surface area contributed by atoms with Crippen LogP contribution in [0.25, 0.3) is 0 Å². The van der Waals surface area contributed by atoms with Crippen molar-refractivity contribution in [1.29, 1.82) is 5.26 Å².